The van der Waals surface area contributed by atoms with Crippen LogP contribution in [0.15, 0.2) is 24.3 Å². The highest BCUT2D eigenvalue weighted by molar-refractivity contribution is 5.90. The van der Waals surface area contributed by atoms with Gasteiger partial charge in [0.2, 0.25) is 0 Å². The van der Waals surface area contributed by atoms with Gasteiger partial charge in [-0.3, -0.25) is 0 Å². The Labute approximate surface area is 115 Å². The molecule has 104 valence electrons. The lowest BCUT2D eigenvalue weighted by atomic mass is 10.1. The van der Waals surface area contributed by atoms with Crippen molar-refractivity contribution in [2.24, 2.45) is 11.8 Å². The second kappa shape index (κ2) is 6.71. The summed E-state index contributed by atoms with van der Waals surface area (Å²) in [5.74, 6) is 1.40. The van der Waals surface area contributed by atoms with Crippen LogP contribution in [0.3, 0.4) is 0 Å². The first-order valence-electron chi connectivity index (χ1n) is 7.07. The summed E-state index contributed by atoms with van der Waals surface area (Å²) in [4.78, 5) is 11.6. The zero-order valence-corrected chi connectivity index (χ0v) is 11.8. The van der Waals surface area contributed by atoms with Gasteiger partial charge in [-0.25, -0.2) is 4.79 Å². The van der Waals surface area contributed by atoms with Crippen molar-refractivity contribution in [3.05, 3.63) is 35.4 Å². The van der Waals surface area contributed by atoms with Gasteiger partial charge in [0.1, 0.15) is 0 Å². The van der Waals surface area contributed by atoms with E-state index in [1.54, 1.807) is 0 Å². The van der Waals surface area contributed by atoms with Crippen LogP contribution in [0, 0.1) is 11.8 Å². The quantitative estimate of drug-likeness (QED) is 0.828. The Morgan fingerprint density at radius 3 is 2.84 bits per heavy atom. The molecule has 1 aliphatic carbocycles. The van der Waals surface area contributed by atoms with Crippen molar-refractivity contribution in [1.29, 1.82) is 0 Å². The van der Waals surface area contributed by atoms with E-state index in [-0.39, 0.29) is 5.97 Å². The van der Waals surface area contributed by atoms with Gasteiger partial charge in [0.25, 0.3) is 0 Å². The van der Waals surface area contributed by atoms with Gasteiger partial charge in [-0.1, -0.05) is 31.5 Å². The molecule has 0 spiro atoms. The first kappa shape index (κ1) is 14.1. The molecule has 2 atom stereocenters. The van der Waals surface area contributed by atoms with E-state index in [2.05, 4.69) is 12.2 Å². The number of carbonyl (C=O) groups excluding carboxylic acids is 1. The van der Waals surface area contributed by atoms with Gasteiger partial charge in [0.05, 0.1) is 12.7 Å². The van der Waals surface area contributed by atoms with Crippen LogP contribution in [0.4, 0.5) is 0 Å². The normalized spacial score (nSPS) is 22.4. The van der Waals surface area contributed by atoms with E-state index in [0.717, 1.165) is 30.5 Å². The molecule has 1 saturated carbocycles. The zero-order chi connectivity index (χ0) is 13.7. The van der Waals surface area contributed by atoms with Crippen molar-refractivity contribution in [2.45, 2.75) is 32.7 Å². The third-order valence-electron chi connectivity index (χ3n) is 3.97. The number of nitrogens with one attached hydrogen (secondary N) is 1. The highest BCUT2D eigenvalue weighted by atomic mass is 16.5. The second-order valence-corrected chi connectivity index (χ2v) is 5.56. The van der Waals surface area contributed by atoms with Crippen molar-refractivity contribution in [2.75, 3.05) is 13.7 Å². The molecule has 19 heavy (non-hydrogen) atoms. The van der Waals surface area contributed by atoms with Gasteiger partial charge in [0, 0.05) is 6.54 Å². The highest BCUT2D eigenvalue weighted by Crippen LogP contribution is 2.29. The Morgan fingerprint density at radius 1 is 1.37 bits per heavy atom. The summed E-state index contributed by atoms with van der Waals surface area (Å²) in [6.07, 6.45) is 4.00. The number of hydrogen-bond donors (Lipinski definition) is 1. The van der Waals surface area contributed by atoms with E-state index in [0.29, 0.717) is 5.56 Å². The van der Waals surface area contributed by atoms with Gasteiger partial charge in [0.15, 0.2) is 0 Å². The van der Waals surface area contributed by atoms with E-state index in [4.69, 9.17) is 4.74 Å². The van der Waals surface area contributed by atoms with Crippen LogP contribution < -0.4 is 5.32 Å². The predicted octanol–water partition coefficient (Wildman–Crippen LogP) is 3.00. The Bertz CT molecular complexity index is 431. The van der Waals surface area contributed by atoms with E-state index in [1.807, 2.05) is 24.3 Å². The van der Waals surface area contributed by atoms with Crippen LogP contribution in [0.25, 0.3) is 0 Å². The fourth-order valence-electron chi connectivity index (χ4n) is 2.90. The van der Waals surface area contributed by atoms with Crippen LogP contribution in [0.2, 0.25) is 0 Å². The summed E-state index contributed by atoms with van der Waals surface area (Å²) in [6.45, 7) is 4.10. The van der Waals surface area contributed by atoms with Gasteiger partial charge < -0.3 is 10.1 Å². The topological polar surface area (TPSA) is 38.3 Å². The lowest BCUT2D eigenvalue weighted by Crippen LogP contribution is -2.22. The summed E-state index contributed by atoms with van der Waals surface area (Å²) < 4.78 is 4.80. The molecule has 3 heteroatoms. The molecule has 2 unspecified atom stereocenters. The molecule has 1 N–H and O–H groups in total. The number of benzene rings is 1. The fourth-order valence-corrected chi connectivity index (χ4v) is 2.90. The molecule has 0 saturated heterocycles. The maximum Gasteiger partial charge on any atom is 0.338 e. The maximum absolute atomic E-state index is 11.6. The first-order valence-corrected chi connectivity index (χ1v) is 7.07. The lowest BCUT2D eigenvalue weighted by molar-refractivity contribution is 0.0599. The minimum absolute atomic E-state index is 0.258. The number of methoxy groups -OCH3 is 1. The second-order valence-electron chi connectivity index (χ2n) is 5.56. The van der Waals surface area contributed by atoms with E-state index < -0.39 is 0 Å². The molecule has 3 nitrogen and oxygen atoms in total. The molecule has 0 bridgehead atoms. The molecule has 0 aliphatic heterocycles. The summed E-state index contributed by atoms with van der Waals surface area (Å²) in [7, 11) is 1.42. The fraction of sp³-hybridized carbons (Fsp3) is 0.562. The molecule has 0 heterocycles. The van der Waals surface area contributed by atoms with Crippen LogP contribution in [0.5, 0.6) is 0 Å². The average molecular weight is 261 g/mol. The zero-order valence-electron chi connectivity index (χ0n) is 11.8. The van der Waals surface area contributed by atoms with Crippen LogP contribution in [-0.4, -0.2) is 19.6 Å². The molecular weight excluding hydrogens is 238 g/mol. The Balaban J connectivity index is 1.87. The van der Waals surface area contributed by atoms with Crippen LogP contribution in [0.1, 0.15) is 42.1 Å². The largest absolute Gasteiger partial charge is 0.465 e. The molecular formula is C16H23NO2. The van der Waals surface area contributed by atoms with E-state index in [1.165, 1.54) is 26.4 Å². The Morgan fingerprint density at radius 2 is 2.16 bits per heavy atom. The molecule has 0 amide bonds. The van der Waals surface area contributed by atoms with E-state index >= 15 is 0 Å². The van der Waals surface area contributed by atoms with Crippen LogP contribution >= 0.6 is 0 Å². The number of hydrogen-bond acceptors (Lipinski definition) is 3. The first-order chi connectivity index (χ1) is 9.20. The van der Waals surface area contributed by atoms with Crippen molar-refractivity contribution < 1.29 is 9.53 Å². The van der Waals surface area contributed by atoms with E-state index in [9.17, 15) is 4.79 Å². The number of rotatable bonds is 5. The van der Waals surface area contributed by atoms with Crippen LogP contribution in [-0.2, 0) is 11.3 Å². The SMILES string of the molecule is COC(=O)c1ccccc1CNCC1CCC(C)C1. The average Bonchev–Trinajstić information content (AvgIpc) is 2.84. The monoisotopic (exact) mass is 261 g/mol. The summed E-state index contributed by atoms with van der Waals surface area (Å²) in [6, 6.07) is 7.63. The molecule has 1 aromatic carbocycles. The Hall–Kier alpha value is -1.35. The minimum atomic E-state index is -0.258. The molecule has 0 radical (unpaired) electrons. The smallest absolute Gasteiger partial charge is 0.338 e. The predicted molar refractivity (Wildman–Crippen MR) is 76.0 cm³/mol. The molecule has 2 rings (SSSR count). The number of esters is 1. The van der Waals surface area contributed by atoms with Gasteiger partial charge in [-0.15, -0.1) is 0 Å². The summed E-state index contributed by atoms with van der Waals surface area (Å²) in [5, 5.41) is 3.48. The van der Waals surface area contributed by atoms with Crippen molar-refractivity contribution in [1.82, 2.24) is 5.32 Å². The van der Waals surface area contributed by atoms with Crippen molar-refractivity contribution in [3.8, 4) is 0 Å². The molecule has 1 fully saturated rings. The minimum Gasteiger partial charge on any atom is -0.465 e. The van der Waals surface area contributed by atoms with Crippen molar-refractivity contribution >= 4 is 5.97 Å². The lowest BCUT2D eigenvalue weighted by Gasteiger charge is -2.12. The van der Waals surface area contributed by atoms with Crippen molar-refractivity contribution in [3.63, 3.8) is 0 Å². The standard InChI is InChI=1S/C16H23NO2/c1-12-7-8-13(9-12)10-17-11-14-5-3-4-6-15(14)16(18)19-2/h3-6,12-13,17H,7-11H2,1-2H3. The third kappa shape index (κ3) is 3.80. The van der Waals surface area contributed by atoms with Gasteiger partial charge in [-0.2, -0.15) is 0 Å². The third-order valence-corrected chi connectivity index (χ3v) is 3.97. The van der Waals surface area contributed by atoms with Gasteiger partial charge in [-0.05, 0) is 42.9 Å². The molecule has 1 aromatic rings. The summed E-state index contributed by atoms with van der Waals surface area (Å²) in [5.41, 5.74) is 1.68. The molecule has 1 aliphatic rings. The van der Waals surface area contributed by atoms with Gasteiger partial charge >= 0.3 is 5.97 Å². The molecule has 0 aromatic heterocycles. The number of carbonyl (C=O) groups is 1. The summed E-state index contributed by atoms with van der Waals surface area (Å²) >= 11 is 0. The Kier molecular flexibility index (Phi) is 4.97. The number of ether oxygens (including phenoxy) is 1. The highest BCUT2D eigenvalue weighted by Gasteiger charge is 2.20. The maximum atomic E-state index is 11.6.